The second-order valence-electron chi connectivity index (χ2n) is 3.97. The number of hydrogen-bond donors (Lipinski definition) is 5. The van der Waals surface area contributed by atoms with Crippen LogP contribution < -0.4 is 5.73 Å². The van der Waals surface area contributed by atoms with Crippen LogP contribution in [-0.2, 0) is 4.74 Å². The summed E-state index contributed by atoms with van der Waals surface area (Å²) in [7, 11) is 0. The van der Waals surface area contributed by atoms with E-state index in [0.717, 1.165) is 0 Å². The molecular weight excluding hydrogens is 254 g/mol. The highest BCUT2D eigenvalue weighted by Crippen LogP contribution is 2.12. The third-order valence-corrected chi connectivity index (χ3v) is 2.69. The molecule has 2 aromatic rings. The number of aliphatic hydroxyl groups is 3. The van der Waals surface area contributed by atoms with Crippen molar-refractivity contribution < 1.29 is 20.1 Å². The van der Waals surface area contributed by atoms with Crippen LogP contribution in [0.3, 0.4) is 0 Å². The maximum Gasteiger partial charge on any atom is 0.182 e. The van der Waals surface area contributed by atoms with Crippen LogP contribution in [0.5, 0.6) is 0 Å². The van der Waals surface area contributed by atoms with E-state index in [1.807, 2.05) is 0 Å². The average Bonchev–Trinajstić information content (AvgIpc) is 3.00. The fraction of sp³-hybridized carbons (Fsp3) is 0.500. The number of nitrogens with two attached hydrogens (primary N) is 1. The Bertz CT molecular complexity index is 533. The molecular formula is C10H15N5O4. The number of nitrogens with one attached hydrogen (secondary N) is 1. The molecule has 6 N–H and O–H groups in total. The van der Waals surface area contributed by atoms with Crippen molar-refractivity contribution in [2.75, 3.05) is 18.9 Å². The van der Waals surface area contributed by atoms with E-state index in [1.165, 1.54) is 12.7 Å². The third kappa shape index (κ3) is 2.96. The van der Waals surface area contributed by atoms with Gasteiger partial charge in [-0.3, -0.25) is 0 Å². The fourth-order valence-corrected chi connectivity index (χ4v) is 1.61. The van der Waals surface area contributed by atoms with Gasteiger partial charge in [-0.1, -0.05) is 0 Å². The molecule has 0 spiro atoms. The summed E-state index contributed by atoms with van der Waals surface area (Å²) < 4.78 is 4.78. The van der Waals surface area contributed by atoms with Crippen molar-refractivity contribution in [2.24, 2.45) is 0 Å². The number of fused-ring (bicyclic) bond motifs is 1. The number of nitrogen functional groups attached to an aromatic ring is 1. The second kappa shape index (κ2) is 5.89. The summed E-state index contributed by atoms with van der Waals surface area (Å²) in [5.74, 6) is 0.433. The number of ether oxygens (including phenoxy) is 1. The number of aliphatic hydroxyl groups excluding tert-OH is 3. The van der Waals surface area contributed by atoms with Gasteiger partial charge in [0.15, 0.2) is 11.5 Å². The van der Waals surface area contributed by atoms with E-state index in [1.54, 1.807) is 0 Å². The summed E-state index contributed by atoms with van der Waals surface area (Å²) in [6.07, 6.45) is 0.575. The predicted molar refractivity (Wildman–Crippen MR) is 64.9 cm³/mol. The van der Waals surface area contributed by atoms with Crippen molar-refractivity contribution >= 4 is 17.0 Å². The maximum atomic E-state index is 8.92. The lowest BCUT2D eigenvalue weighted by molar-refractivity contribution is -0.00588. The average molecular weight is 269 g/mol. The molecule has 0 aromatic carbocycles. The highest BCUT2D eigenvalue weighted by atomic mass is 16.5. The van der Waals surface area contributed by atoms with Crippen molar-refractivity contribution in [1.82, 2.24) is 19.9 Å². The Labute approximate surface area is 108 Å². The zero-order valence-corrected chi connectivity index (χ0v) is 9.97. The summed E-state index contributed by atoms with van der Waals surface area (Å²) in [6, 6.07) is 0. The summed E-state index contributed by atoms with van der Waals surface area (Å²) >= 11 is 0. The standard InChI is InChI=1S/C5H5N5.C5H10O4/c6-4-3-5(9-1-7-3)10-2-8-4;6-1-4-5(8)3(7)2-9-4/h1-2H,(H3,6,7,8,9,10);3-8H,1-2H2/t;3-,4+,5-/m.0/s1. The molecule has 1 saturated heterocycles. The van der Waals surface area contributed by atoms with E-state index < -0.39 is 18.3 Å². The fourth-order valence-electron chi connectivity index (χ4n) is 1.61. The minimum Gasteiger partial charge on any atom is -0.394 e. The Morgan fingerprint density at radius 2 is 2.16 bits per heavy atom. The van der Waals surface area contributed by atoms with E-state index in [-0.39, 0.29) is 13.2 Å². The van der Waals surface area contributed by atoms with Gasteiger partial charge in [-0.15, -0.1) is 0 Å². The molecule has 0 unspecified atom stereocenters. The minimum absolute atomic E-state index is 0.117. The Morgan fingerprint density at radius 1 is 1.37 bits per heavy atom. The van der Waals surface area contributed by atoms with Crippen LogP contribution in [0.1, 0.15) is 0 Å². The maximum absolute atomic E-state index is 8.92. The lowest BCUT2D eigenvalue weighted by Crippen LogP contribution is -2.31. The molecule has 1 aliphatic heterocycles. The van der Waals surface area contributed by atoms with Crippen LogP contribution in [0, 0.1) is 0 Å². The van der Waals surface area contributed by atoms with Gasteiger partial charge in [-0.2, -0.15) is 0 Å². The molecule has 19 heavy (non-hydrogen) atoms. The number of H-pyrrole nitrogens is 1. The predicted octanol–water partition coefficient (Wildman–Crippen LogP) is -1.97. The Hall–Kier alpha value is -1.81. The van der Waals surface area contributed by atoms with Crippen LogP contribution in [0.15, 0.2) is 12.7 Å². The number of imidazole rings is 1. The van der Waals surface area contributed by atoms with Gasteiger partial charge in [0.05, 0.1) is 19.5 Å². The number of aromatic nitrogens is 4. The lowest BCUT2D eigenvalue weighted by Gasteiger charge is -2.10. The van der Waals surface area contributed by atoms with E-state index >= 15 is 0 Å². The van der Waals surface area contributed by atoms with E-state index in [2.05, 4.69) is 19.9 Å². The first-order valence-corrected chi connectivity index (χ1v) is 5.61. The molecule has 1 aliphatic rings. The van der Waals surface area contributed by atoms with Gasteiger partial charge in [0.1, 0.15) is 30.2 Å². The summed E-state index contributed by atoms with van der Waals surface area (Å²) in [4.78, 5) is 14.4. The summed E-state index contributed by atoms with van der Waals surface area (Å²) in [6.45, 7) is -0.120. The molecule has 3 atom stereocenters. The molecule has 2 aromatic heterocycles. The Balaban J connectivity index is 0.000000141. The lowest BCUT2D eigenvalue weighted by atomic mass is 10.2. The van der Waals surface area contributed by atoms with Crippen molar-refractivity contribution in [1.29, 1.82) is 0 Å². The molecule has 1 fully saturated rings. The van der Waals surface area contributed by atoms with Crippen LogP contribution in [-0.4, -0.2) is 66.8 Å². The first kappa shape index (κ1) is 13.6. The number of anilines is 1. The van der Waals surface area contributed by atoms with Gasteiger partial charge in [-0.05, 0) is 0 Å². The minimum atomic E-state index is -0.921. The number of nitrogens with zero attached hydrogens (tertiary/aromatic N) is 3. The van der Waals surface area contributed by atoms with Gasteiger partial charge in [0, 0.05) is 0 Å². The monoisotopic (exact) mass is 269 g/mol. The first-order valence-electron chi connectivity index (χ1n) is 5.61. The van der Waals surface area contributed by atoms with Crippen molar-refractivity contribution in [3.05, 3.63) is 12.7 Å². The quantitative estimate of drug-likeness (QED) is 0.400. The highest BCUT2D eigenvalue weighted by Gasteiger charge is 2.33. The van der Waals surface area contributed by atoms with Gasteiger partial charge < -0.3 is 30.8 Å². The normalized spacial score (nSPS) is 26.2. The molecule has 0 bridgehead atoms. The number of hydrogen-bond acceptors (Lipinski definition) is 8. The first-order chi connectivity index (χ1) is 9.13. The molecule has 3 heterocycles. The molecule has 9 heteroatoms. The molecule has 0 aliphatic carbocycles. The smallest absolute Gasteiger partial charge is 0.182 e. The van der Waals surface area contributed by atoms with Crippen LogP contribution >= 0.6 is 0 Å². The number of aromatic amines is 1. The van der Waals surface area contributed by atoms with E-state index in [0.29, 0.717) is 17.0 Å². The van der Waals surface area contributed by atoms with Crippen molar-refractivity contribution in [3.63, 3.8) is 0 Å². The van der Waals surface area contributed by atoms with E-state index in [9.17, 15) is 0 Å². The highest BCUT2D eigenvalue weighted by molar-refractivity contribution is 5.80. The topological polar surface area (TPSA) is 150 Å². The third-order valence-electron chi connectivity index (χ3n) is 2.69. The van der Waals surface area contributed by atoms with Gasteiger partial charge >= 0.3 is 0 Å². The molecule has 0 radical (unpaired) electrons. The molecule has 3 rings (SSSR count). The largest absolute Gasteiger partial charge is 0.394 e. The van der Waals surface area contributed by atoms with Crippen LogP contribution in [0.2, 0.25) is 0 Å². The summed E-state index contributed by atoms with van der Waals surface area (Å²) in [5.41, 5.74) is 6.78. The van der Waals surface area contributed by atoms with Crippen LogP contribution in [0.4, 0.5) is 5.82 Å². The SMILES string of the molecule is Nc1ncnc2nc[nH]c12.OC[C@H]1OC[C@H](O)[C@@H]1O. The van der Waals surface area contributed by atoms with Crippen molar-refractivity contribution in [2.45, 2.75) is 18.3 Å². The van der Waals surface area contributed by atoms with Gasteiger partial charge in [-0.25, -0.2) is 15.0 Å². The zero-order chi connectivity index (χ0) is 13.8. The van der Waals surface area contributed by atoms with Gasteiger partial charge in [0.2, 0.25) is 0 Å². The van der Waals surface area contributed by atoms with Gasteiger partial charge in [0.25, 0.3) is 0 Å². The number of rotatable bonds is 1. The Kier molecular flexibility index (Phi) is 4.22. The van der Waals surface area contributed by atoms with E-state index in [4.69, 9.17) is 25.8 Å². The molecule has 0 saturated carbocycles. The second-order valence-corrected chi connectivity index (χ2v) is 3.97. The molecule has 104 valence electrons. The molecule has 0 amide bonds. The molecule has 9 nitrogen and oxygen atoms in total. The van der Waals surface area contributed by atoms with Crippen LogP contribution in [0.25, 0.3) is 11.2 Å². The zero-order valence-electron chi connectivity index (χ0n) is 9.97. The Morgan fingerprint density at radius 3 is 2.68 bits per heavy atom. The summed E-state index contributed by atoms with van der Waals surface area (Å²) in [5, 5.41) is 26.2. The van der Waals surface area contributed by atoms with Crippen molar-refractivity contribution in [3.8, 4) is 0 Å².